The van der Waals surface area contributed by atoms with Gasteiger partial charge in [-0.1, -0.05) is 0 Å². The molecular weight excluding hydrogens is 414 g/mol. The van der Waals surface area contributed by atoms with Crippen LogP contribution in [0.25, 0.3) is 16.6 Å². The highest BCUT2D eigenvalue weighted by molar-refractivity contribution is 6.09. The highest BCUT2D eigenvalue weighted by Gasteiger charge is 2.19. The van der Waals surface area contributed by atoms with Crippen molar-refractivity contribution in [2.75, 3.05) is 20.3 Å². The van der Waals surface area contributed by atoms with E-state index < -0.39 is 12.0 Å². The number of amides is 2. The van der Waals surface area contributed by atoms with Crippen LogP contribution in [0.1, 0.15) is 29.9 Å². The molecule has 32 heavy (non-hydrogen) atoms. The molecule has 0 aliphatic rings. The maximum absolute atomic E-state index is 12.4. The number of hydrogen-bond donors (Lipinski definition) is 2. The molecule has 0 saturated heterocycles. The molecule has 0 fully saturated rings. The van der Waals surface area contributed by atoms with Crippen molar-refractivity contribution in [2.45, 2.75) is 20.8 Å². The monoisotopic (exact) mass is 439 g/mol. The molecule has 0 spiro atoms. The molecule has 0 aliphatic heterocycles. The second-order valence-electron chi connectivity index (χ2n) is 6.91. The zero-order valence-electron chi connectivity index (χ0n) is 18.4. The molecule has 0 atom stereocenters. The van der Waals surface area contributed by atoms with E-state index >= 15 is 0 Å². The van der Waals surface area contributed by atoms with Crippen molar-refractivity contribution < 1.29 is 28.6 Å². The topological polar surface area (TPSA) is 108 Å². The van der Waals surface area contributed by atoms with Gasteiger partial charge in [0.25, 0.3) is 5.91 Å². The maximum atomic E-state index is 12.4. The van der Waals surface area contributed by atoms with Crippen LogP contribution in [0.2, 0.25) is 0 Å². The number of aromatic nitrogens is 1. The summed E-state index contributed by atoms with van der Waals surface area (Å²) >= 11 is 0. The summed E-state index contributed by atoms with van der Waals surface area (Å²) in [6.45, 7) is 4.91. The minimum atomic E-state index is -0.760. The standard InChI is InChI=1S/C23H25N3O6/c1-5-31-23(29)25-24-21(28)13-32-18-10-11-20-19(12-18)22(15(3)27)14(2)26(20)16-6-8-17(30-4)9-7-16/h6-12H,5,13H2,1-4H3,(H,24,28)(H,25,29). The second kappa shape index (κ2) is 9.86. The average Bonchev–Trinajstić information content (AvgIpc) is 3.07. The van der Waals surface area contributed by atoms with Crippen LogP contribution in [-0.2, 0) is 9.53 Å². The zero-order chi connectivity index (χ0) is 23.3. The zero-order valence-corrected chi connectivity index (χ0v) is 18.4. The van der Waals surface area contributed by atoms with Crippen LogP contribution in [0.15, 0.2) is 42.5 Å². The van der Waals surface area contributed by atoms with E-state index in [1.165, 1.54) is 6.92 Å². The van der Waals surface area contributed by atoms with Gasteiger partial charge >= 0.3 is 6.09 Å². The number of benzene rings is 2. The van der Waals surface area contributed by atoms with Gasteiger partial charge in [0.2, 0.25) is 0 Å². The lowest BCUT2D eigenvalue weighted by atomic mass is 10.1. The van der Waals surface area contributed by atoms with E-state index in [4.69, 9.17) is 9.47 Å². The average molecular weight is 439 g/mol. The Labute approximate surface area is 185 Å². The number of carbonyl (C=O) groups is 3. The fourth-order valence-electron chi connectivity index (χ4n) is 3.47. The third-order valence-corrected chi connectivity index (χ3v) is 4.81. The first-order valence-corrected chi connectivity index (χ1v) is 10.0. The minimum Gasteiger partial charge on any atom is -0.497 e. The number of ether oxygens (including phenoxy) is 3. The van der Waals surface area contributed by atoms with Crippen LogP contribution in [0.4, 0.5) is 4.79 Å². The van der Waals surface area contributed by atoms with E-state index in [1.807, 2.05) is 41.8 Å². The molecule has 9 heteroatoms. The summed E-state index contributed by atoms with van der Waals surface area (Å²) in [6, 6.07) is 12.8. The Morgan fingerprint density at radius 3 is 2.31 bits per heavy atom. The van der Waals surface area contributed by atoms with Gasteiger partial charge in [-0.2, -0.15) is 0 Å². The summed E-state index contributed by atoms with van der Waals surface area (Å²) in [6.07, 6.45) is -0.760. The lowest BCUT2D eigenvalue weighted by molar-refractivity contribution is -0.124. The predicted molar refractivity (Wildman–Crippen MR) is 118 cm³/mol. The highest BCUT2D eigenvalue weighted by Crippen LogP contribution is 2.32. The van der Waals surface area contributed by atoms with Crippen molar-refractivity contribution >= 4 is 28.7 Å². The summed E-state index contributed by atoms with van der Waals surface area (Å²) in [5, 5.41) is 0.716. The van der Waals surface area contributed by atoms with E-state index in [2.05, 4.69) is 15.6 Å². The molecule has 3 aromatic rings. The molecule has 0 radical (unpaired) electrons. The number of ketones is 1. The number of Topliss-reactive ketones (excluding diaryl/α,β-unsaturated/α-hetero) is 1. The predicted octanol–water partition coefficient (Wildman–Crippen LogP) is 3.31. The highest BCUT2D eigenvalue weighted by atomic mass is 16.6. The van der Waals surface area contributed by atoms with Crippen LogP contribution in [-0.4, -0.2) is 42.7 Å². The summed E-state index contributed by atoms with van der Waals surface area (Å²) in [4.78, 5) is 35.5. The van der Waals surface area contributed by atoms with Gasteiger partial charge in [0.05, 0.1) is 19.2 Å². The van der Waals surface area contributed by atoms with E-state index in [9.17, 15) is 14.4 Å². The number of fused-ring (bicyclic) bond motifs is 1. The van der Waals surface area contributed by atoms with E-state index in [0.29, 0.717) is 16.7 Å². The van der Waals surface area contributed by atoms with Crippen molar-refractivity contribution in [2.24, 2.45) is 0 Å². The van der Waals surface area contributed by atoms with E-state index in [-0.39, 0.29) is 19.0 Å². The minimum absolute atomic E-state index is 0.0757. The lowest BCUT2D eigenvalue weighted by Gasteiger charge is -2.10. The Morgan fingerprint density at radius 1 is 1.00 bits per heavy atom. The number of methoxy groups -OCH3 is 1. The Morgan fingerprint density at radius 2 is 1.69 bits per heavy atom. The molecule has 168 valence electrons. The summed E-state index contributed by atoms with van der Waals surface area (Å²) in [5.41, 5.74) is 7.40. The number of nitrogens with one attached hydrogen (secondary N) is 2. The van der Waals surface area contributed by atoms with Crippen molar-refractivity contribution in [3.05, 3.63) is 53.7 Å². The molecule has 1 aromatic heterocycles. The van der Waals surface area contributed by atoms with Gasteiger partial charge in [-0.05, 0) is 63.2 Å². The first kappa shape index (κ1) is 22.7. The lowest BCUT2D eigenvalue weighted by Crippen LogP contribution is -2.44. The number of hydrazine groups is 1. The van der Waals surface area contributed by atoms with Crippen LogP contribution >= 0.6 is 0 Å². The van der Waals surface area contributed by atoms with Crippen LogP contribution < -0.4 is 20.3 Å². The van der Waals surface area contributed by atoms with Gasteiger partial charge in [-0.25, -0.2) is 10.2 Å². The Hall–Kier alpha value is -4.01. The Balaban J connectivity index is 1.86. The number of carbonyl (C=O) groups excluding carboxylic acids is 3. The van der Waals surface area contributed by atoms with Crippen molar-refractivity contribution in [1.29, 1.82) is 0 Å². The van der Waals surface area contributed by atoms with E-state index in [0.717, 1.165) is 22.6 Å². The van der Waals surface area contributed by atoms with Crippen molar-refractivity contribution in [3.63, 3.8) is 0 Å². The van der Waals surface area contributed by atoms with Gasteiger partial charge in [-0.3, -0.25) is 15.0 Å². The molecule has 2 N–H and O–H groups in total. The van der Waals surface area contributed by atoms with Gasteiger partial charge in [0, 0.05) is 22.3 Å². The van der Waals surface area contributed by atoms with Crippen LogP contribution in [0, 0.1) is 6.92 Å². The Bertz CT molecular complexity index is 1150. The van der Waals surface area contributed by atoms with Crippen molar-refractivity contribution in [3.8, 4) is 17.2 Å². The first-order valence-electron chi connectivity index (χ1n) is 10.0. The third kappa shape index (κ3) is 4.83. The molecule has 2 amide bonds. The summed E-state index contributed by atoms with van der Waals surface area (Å²) < 4.78 is 17.4. The number of rotatable bonds is 7. The molecule has 0 bridgehead atoms. The fraction of sp³-hybridized carbons (Fsp3) is 0.261. The molecule has 0 aliphatic carbocycles. The number of hydrogen-bond acceptors (Lipinski definition) is 6. The molecule has 0 unspecified atom stereocenters. The van der Waals surface area contributed by atoms with Gasteiger partial charge in [0.15, 0.2) is 12.4 Å². The molecule has 2 aromatic carbocycles. The van der Waals surface area contributed by atoms with Crippen LogP contribution in [0.5, 0.6) is 11.5 Å². The largest absolute Gasteiger partial charge is 0.497 e. The van der Waals surface area contributed by atoms with Gasteiger partial charge < -0.3 is 18.8 Å². The van der Waals surface area contributed by atoms with Gasteiger partial charge in [-0.15, -0.1) is 0 Å². The first-order chi connectivity index (χ1) is 15.3. The van der Waals surface area contributed by atoms with Crippen LogP contribution in [0.3, 0.4) is 0 Å². The maximum Gasteiger partial charge on any atom is 0.426 e. The fourth-order valence-corrected chi connectivity index (χ4v) is 3.47. The summed E-state index contributed by atoms with van der Waals surface area (Å²) in [5.74, 6) is 0.518. The molecule has 0 saturated carbocycles. The van der Waals surface area contributed by atoms with Gasteiger partial charge in [0.1, 0.15) is 11.5 Å². The number of nitrogens with zero attached hydrogens (tertiary/aromatic N) is 1. The quantitative estimate of drug-likeness (QED) is 0.432. The normalized spacial score (nSPS) is 10.5. The molecule has 3 rings (SSSR count). The molecule has 9 nitrogen and oxygen atoms in total. The third-order valence-electron chi connectivity index (χ3n) is 4.81. The molecular formula is C23H25N3O6. The smallest absolute Gasteiger partial charge is 0.426 e. The SMILES string of the molecule is CCOC(=O)NNC(=O)COc1ccc2c(c1)c(C(C)=O)c(C)n2-c1ccc(OC)cc1. The second-order valence-corrected chi connectivity index (χ2v) is 6.91. The van der Waals surface area contributed by atoms with E-state index in [1.54, 1.807) is 26.2 Å². The summed E-state index contributed by atoms with van der Waals surface area (Å²) in [7, 11) is 1.61. The molecule has 1 heterocycles. The van der Waals surface area contributed by atoms with Crippen molar-refractivity contribution in [1.82, 2.24) is 15.4 Å². The Kier molecular flexibility index (Phi) is 6.99.